The number of hydrogen-bond acceptors (Lipinski definition) is 5. The van der Waals surface area contributed by atoms with Crippen LogP contribution in [0, 0.1) is 5.92 Å². The lowest BCUT2D eigenvalue weighted by Crippen LogP contribution is -2.45. The number of nitrogens with zero attached hydrogens (tertiary/aromatic N) is 3. The van der Waals surface area contributed by atoms with Crippen LogP contribution in [-0.2, 0) is 22.7 Å². The van der Waals surface area contributed by atoms with E-state index in [1.807, 2.05) is 54.7 Å². The molecule has 1 N–H and O–H groups in total. The van der Waals surface area contributed by atoms with Gasteiger partial charge in [0.1, 0.15) is 5.01 Å². The van der Waals surface area contributed by atoms with E-state index in [-0.39, 0.29) is 17.7 Å². The molecule has 0 unspecified atom stereocenters. The molecular formula is C22H22N4O2S. The molecule has 1 aromatic carbocycles. The van der Waals surface area contributed by atoms with E-state index in [1.165, 1.54) is 0 Å². The Hall–Kier alpha value is -3.06. The van der Waals surface area contributed by atoms with Crippen molar-refractivity contribution in [3.63, 3.8) is 0 Å². The van der Waals surface area contributed by atoms with Crippen molar-refractivity contribution in [2.24, 2.45) is 5.92 Å². The van der Waals surface area contributed by atoms with Gasteiger partial charge in [0.05, 0.1) is 24.7 Å². The fourth-order valence-corrected chi connectivity index (χ4v) is 4.25. The minimum absolute atomic E-state index is 0.0156. The highest BCUT2D eigenvalue weighted by molar-refractivity contribution is 7.15. The van der Waals surface area contributed by atoms with Gasteiger partial charge in [-0.3, -0.25) is 14.6 Å². The summed E-state index contributed by atoms with van der Waals surface area (Å²) in [5, 5.41) is 3.95. The Balaban J connectivity index is 1.32. The summed E-state index contributed by atoms with van der Waals surface area (Å²) in [7, 11) is 0. The predicted octanol–water partition coefficient (Wildman–Crippen LogP) is 3.26. The normalized spacial score (nSPS) is 16.6. The number of pyridine rings is 1. The van der Waals surface area contributed by atoms with Crippen molar-refractivity contribution in [2.75, 3.05) is 6.54 Å². The van der Waals surface area contributed by atoms with Crippen LogP contribution in [0.3, 0.4) is 0 Å². The number of piperidine rings is 1. The summed E-state index contributed by atoms with van der Waals surface area (Å²) in [5.41, 5.74) is 1.91. The molecule has 3 heterocycles. The third kappa shape index (κ3) is 4.86. The summed E-state index contributed by atoms with van der Waals surface area (Å²) in [5.74, 6) is -0.134. The molecule has 7 heteroatoms. The maximum atomic E-state index is 12.7. The molecule has 4 rings (SSSR count). The van der Waals surface area contributed by atoms with Crippen molar-refractivity contribution in [1.82, 2.24) is 20.2 Å². The Morgan fingerprint density at radius 3 is 2.76 bits per heavy atom. The molecule has 6 nitrogen and oxygen atoms in total. The molecule has 148 valence electrons. The van der Waals surface area contributed by atoms with Gasteiger partial charge in [0.25, 0.3) is 0 Å². The van der Waals surface area contributed by atoms with Crippen molar-refractivity contribution in [2.45, 2.75) is 25.9 Å². The largest absolute Gasteiger partial charge is 0.351 e. The summed E-state index contributed by atoms with van der Waals surface area (Å²) in [6.45, 7) is 1.33. The van der Waals surface area contributed by atoms with Crippen LogP contribution in [0.25, 0.3) is 10.6 Å². The lowest BCUT2D eigenvalue weighted by Gasteiger charge is -2.31. The summed E-state index contributed by atoms with van der Waals surface area (Å²) in [6, 6.07) is 15.6. The van der Waals surface area contributed by atoms with Gasteiger partial charge >= 0.3 is 0 Å². The minimum atomic E-state index is -0.196. The van der Waals surface area contributed by atoms with Crippen molar-refractivity contribution < 1.29 is 9.59 Å². The van der Waals surface area contributed by atoms with E-state index in [4.69, 9.17) is 0 Å². The van der Waals surface area contributed by atoms with Crippen LogP contribution in [0.4, 0.5) is 0 Å². The lowest BCUT2D eigenvalue weighted by atomic mass is 9.96. The van der Waals surface area contributed by atoms with E-state index in [1.54, 1.807) is 22.4 Å². The minimum Gasteiger partial charge on any atom is -0.351 e. The van der Waals surface area contributed by atoms with Gasteiger partial charge in [0.15, 0.2) is 0 Å². The quantitative estimate of drug-likeness (QED) is 0.682. The second-order valence-corrected chi connectivity index (χ2v) is 8.16. The smallest absolute Gasteiger partial charge is 0.225 e. The molecule has 0 radical (unpaired) electrons. The SMILES string of the molecule is O=C(NCc1cnc(-c2ccccc2)s1)[C@H]1CCC(=O)N(Cc2ccccn2)C1. The number of amides is 2. The fourth-order valence-electron chi connectivity index (χ4n) is 3.39. The molecule has 3 aromatic rings. The lowest BCUT2D eigenvalue weighted by molar-refractivity contribution is -0.139. The van der Waals surface area contributed by atoms with E-state index in [0.717, 1.165) is 21.1 Å². The first-order valence-corrected chi connectivity index (χ1v) is 10.5. The van der Waals surface area contributed by atoms with Gasteiger partial charge in [0, 0.05) is 35.8 Å². The summed E-state index contributed by atoms with van der Waals surface area (Å²) in [6.07, 6.45) is 4.50. The molecule has 2 aromatic heterocycles. The highest BCUT2D eigenvalue weighted by Crippen LogP contribution is 2.25. The zero-order valence-corrected chi connectivity index (χ0v) is 16.8. The summed E-state index contributed by atoms with van der Waals surface area (Å²) < 4.78 is 0. The molecular weight excluding hydrogens is 384 g/mol. The van der Waals surface area contributed by atoms with Crippen molar-refractivity contribution in [3.05, 3.63) is 71.5 Å². The van der Waals surface area contributed by atoms with Crippen LogP contribution in [0.15, 0.2) is 60.9 Å². The van der Waals surface area contributed by atoms with Gasteiger partial charge in [0.2, 0.25) is 11.8 Å². The standard InChI is InChI=1S/C22H22N4O2S/c27-20-10-9-17(14-26(20)15-18-8-4-5-11-23-18)21(28)24-12-19-13-25-22(29-19)16-6-2-1-3-7-16/h1-8,11,13,17H,9-10,12,14-15H2,(H,24,28)/t17-/m0/s1. The Morgan fingerprint density at radius 2 is 1.97 bits per heavy atom. The van der Waals surface area contributed by atoms with E-state index < -0.39 is 0 Å². The molecule has 0 saturated carbocycles. The number of aromatic nitrogens is 2. The molecule has 2 amide bonds. The van der Waals surface area contributed by atoms with Gasteiger partial charge in [-0.1, -0.05) is 36.4 Å². The van der Waals surface area contributed by atoms with Gasteiger partial charge in [-0.2, -0.15) is 0 Å². The molecule has 1 atom stereocenters. The van der Waals surface area contributed by atoms with Crippen LogP contribution in [0.5, 0.6) is 0 Å². The topological polar surface area (TPSA) is 75.2 Å². The first-order valence-electron chi connectivity index (χ1n) is 9.64. The van der Waals surface area contributed by atoms with Crippen LogP contribution in [-0.4, -0.2) is 33.2 Å². The first-order chi connectivity index (χ1) is 14.2. The van der Waals surface area contributed by atoms with Gasteiger partial charge < -0.3 is 10.2 Å². The predicted molar refractivity (Wildman–Crippen MR) is 112 cm³/mol. The van der Waals surface area contributed by atoms with Gasteiger partial charge in [-0.15, -0.1) is 11.3 Å². The van der Waals surface area contributed by atoms with Crippen molar-refractivity contribution >= 4 is 23.2 Å². The Bertz CT molecular complexity index is 975. The van der Waals surface area contributed by atoms with Crippen LogP contribution in [0.1, 0.15) is 23.4 Å². The zero-order valence-electron chi connectivity index (χ0n) is 16.0. The number of nitrogens with one attached hydrogen (secondary N) is 1. The molecule has 0 bridgehead atoms. The number of hydrogen-bond donors (Lipinski definition) is 1. The number of thiazole rings is 1. The molecule has 0 spiro atoms. The van der Waals surface area contributed by atoms with Crippen LogP contribution < -0.4 is 5.32 Å². The van der Waals surface area contributed by atoms with E-state index in [9.17, 15) is 9.59 Å². The Kier molecular flexibility index (Phi) is 5.95. The monoisotopic (exact) mass is 406 g/mol. The molecule has 0 aliphatic carbocycles. The van der Waals surface area contributed by atoms with Crippen LogP contribution in [0.2, 0.25) is 0 Å². The number of likely N-dealkylation sites (tertiary alicyclic amines) is 1. The second-order valence-electron chi connectivity index (χ2n) is 7.05. The van der Waals surface area contributed by atoms with E-state index >= 15 is 0 Å². The molecule has 1 aliphatic heterocycles. The third-order valence-electron chi connectivity index (χ3n) is 4.96. The summed E-state index contributed by atoms with van der Waals surface area (Å²) >= 11 is 1.58. The average Bonchev–Trinajstić information content (AvgIpc) is 3.24. The molecule has 1 aliphatic rings. The maximum Gasteiger partial charge on any atom is 0.225 e. The number of rotatable bonds is 6. The van der Waals surface area contributed by atoms with Gasteiger partial charge in [-0.05, 0) is 18.6 Å². The van der Waals surface area contributed by atoms with E-state index in [2.05, 4.69) is 15.3 Å². The van der Waals surface area contributed by atoms with Crippen LogP contribution >= 0.6 is 11.3 Å². The Morgan fingerprint density at radius 1 is 1.14 bits per heavy atom. The fraction of sp³-hybridized carbons (Fsp3) is 0.273. The first kappa shape index (κ1) is 19.3. The van der Waals surface area contributed by atoms with Crippen molar-refractivity contribution in [3.8, 4) is 10.6 Å². The highest BCUT2D eigenvalue weighted by atomic mass is 32.1. The molecule has 1 saturated heterocycles. The van der Waals surface area contributed by atoms with Gasteiger partial charge in [-0.25, -0.2) is 4.98 Å². The maximum absolute atomic E-state index is 12.7. The second kappa shape index (κ2) is 8.96. The molecule has 29 heavy (non-hydrogen) atoms. The average molecular weight is 407 g/mol. The van der Waals surface area contributed by atoms with E-state index in [0.29, 0.717) is 32.5 Å². The number of benzene rings is 1. The number of carbonyl (C=O) groups excluding carboxylic acids is 2. The highest BCUT2D eigenvalue weighted by Gasteiger charge is 2.30. The zero-order chi connectivity index (χ0) is 20.1. The third-order valence-corrected chi connectivity index (χ3v) is 6.01. The number of carbonyl (C=O) groups is 2. The molecule has 1 fully saturated rings. The Labute approximate surface area is 173 Å². The van der Waals surface area contributed by atoms with Crippen molar-refractivity contribution in [1.29, 1.82) is 0 Å². The summed E-state index contributed by atoms with van der Waals surface area (Å²) in [4.78, 5) is 36.4.